The molecule has 3 nitrogen and oxygen atoms in total. The monoisotopic (exact) mass is 299 g/mol. The van der Waals surface area contributed by atoms with E-state index in [9.17, 15) is 4.79 Å². The average Bonchev–Trinajstić information content (AvgIpc) is 2.99. The molecular formula is C16H29NO2S. The van der Waals surface area contributed by atoms with Crippen molar-refractivity contribution in [3.63, 3.8) is 0 Å². The second-order valence-electron chi connectivity index (χ2n) is 5.80. The normalized spacial score (nSPS) is 19.3. The number of ether oxygens (including phenoxy) is 1. The van der Waals surface area contributed by atoms with Crippen LogP contribution in [-0.4, -0.2) is 30.4 Å². The molecule has 116 valence electrons. The largest absolute Gasteiger partial charge is 0.469 e. The molecule has 20 heavy (non-hydrogen) atoms. The molecule has 1 heterocycles. The van der Waals surface area contributed by atoms with Gasteiger partial charge in [-0.05, 0) is 12.3 Å². The third-order valence-corrected chi connectivity index (χ3v) is 5.66. The van der Waals surface area contributed by atoms with E-state index in [1.165, 1.54) is 31.4 Å². The molecule has 2 atom stereocenters. The minimum Gasteiger partial charge on any atom is -0.469 e. The minimum absolute atomic E-state index is 0.0409. The van der Waals surface area contributed by atoms with E-state index < -0.39 is 0 Å². The number of carbonyl (C=O) groups excluding carboxylic acids is 1. The average molecular weight is 299 g/mol. The fourth-order valence-electron chi connectivity index (χ4n) is 3.01. The van der Waals surface area contributed by atoms with Crippen LogP contribution in [-0.2, 0) is 9.53 Å². The summed E-state index contributed by atoms with van der Waals surface area (Å²) in [6, 6.07) is 0. The molecule has 0 amide bonds. The quantitative estimate of drug-likeness (QED) is 0.470. The lowest BCUT2D eigenvalue weighted by molar-refractivity contribution is -0.142. The Morgan fingerprint density at radius 2 is 2.20 bits per heavy atom. The molecule has 0 fully saturated rings. The predicted molar refractivity (Wildman–Crippen MR) is 87.4 cm³/mol. The van der Waals surface area contributed by atoms with E-state index in [1.54, 1.807) is 0 Å². The second kappa shape index (κ2) is 8.71. The van der Waals surface area contributed by atoms with Crippen LogP contribution in [0.1, 0.15) is 59.3 Å². The number of methoxy groups -OCH3 is 1. The van der Waals surface area contributed by atoms with Gasteiger partial charge in [0.1, 0.15) is 0 Å². The molecular weight excluding hydrogens is 270 g/mol. The maximum Gasteiger partial charge on any atom is 0.305 e. The third kappa shape index (κ3) is 4.51. The minimum atomic E-state index is -0.0952. The Balaban J connectivity index is 2.85. The number of esters is 1. The van der Waals surface area contributed by atoms with Gasteiger partial charge in [0, 0.05) is 24.1 Å². The zero-order chi connectivity index (χ0) is 15.0. The molecule has 2 unspecified atom stereocenters. The smallest absolute Gasteiger partial charge is 0.305 e. The zero-order valence-corrected chi connectivity index (χ0v) is 14.2. The first-order valence-corrected chi connectivity index (χ1v) is 8.81. The molecule has 4 heteroatoms. The van der Waals surface area contributed by atoms with Crippen LogP contribution >= 0.6 is 11.8 Å². The van der Waals surface area contributed by atoms with Crippen molar-refractivity contribution in [2.24, 2.45) is 16.3 Å². The Kier molecular flexibility index (Phi) is 7.63. The van der Waals surface area contributed by atoms with E-state index >= 15 is 0 Å². The number of aliphatic imine (C=N–C) groups is 1. The van der Waals surface area contributed by atoms with Gasteiger partial charge < -0.3 is 4.74 Å². The summed E-state index contributed by atoms with van der Waals surface area (Å²) in [4.78, 5) is 16.4. The van der Waals surface area contributed by atoms with Gasteiger partial charge in [-0.25, -0.2) is 0 Å². The zero-order valence-electron chi connectivity index (χ0n) is 13.4. The number of hydrogen-bond donors (Lipinski definition) is 0. The van der Waals surface area contributed by atoms with Crippen LogP contribution in [0.4, 0.5) is 0 Å². The van der Waals surface area contributed by atoms with Gasteiger partial charge in [0.05, 0.1) is 12.2 Å². The lowest BCUT2D eigenvalue weighted by Crippen LogP contribution is -2.35. The van der Waals surface area contributed by atoms with Crippen molar-refractivity contribution in [2.45, 2.75) is 59.3 Å². The highest BCUT2D eigenvalue weighted by molar-refractivity contribution is 8.14. The van der Waals surface area contributed by atoms with E-state index in [0.717, 1.165) is 25.1 Å². The maximum absolute atomic E-state index is 11.7. The van der Waals surface area contributed by atoms with Crippen LogP contribution in [0, 0.1) is 11.3 Å². The summed E-state index contributed by atoms with van der Waals surface area (Å²) in [5, 5.41) is 1.27. The van der Waals surface area contributed by atoms with E-state index in [-0.39, 0.29) is 11.4 Å². The Morgan fingerprint density at radius 1 is 1.45 bits per heavy atom. The van der Waals surface area contributed by atoms with Gasteiger partial charge >= 0.3 is 5.97 Å². The van der Waals surface area contributed by atoms with E-state index in [1.807, 2.05) is 11.8 Å². The molecule has 0 radical (unpaired) electrons. The van der Waals surface area contributed by atoms with Gasteiger partial charge in [-0.15, -0.1) is 11.8 Å². The molecule has 0 N–H and O–H groups in total. The summed E-state index contributed by atoms with van der Waals surface area (Å²) in [6.07, 6.45) is 6.32. The topological polar surface area (TPSA) is 38.7 Å². The molecule has 0 saturated carbocycles. The van der Waals surface area contributed by atoms with Crippen LogP contribution in [0.2, 0.25) is 0 Å². The van der Waals surface area contributed by atoms with Crippen LogP contribution < -0.4 is 0 Å². The first-order valence-electron chi connectivity index (χ1n) is 7.83. The number of nitrogens with zero attached hydrogens (tertiary/aromatic N) is 1. The van der Waals surface area contributed by atoms with Crippen molar-refractivity contribution in [3.8, 4) is 0 Å². The van der Waals surface area contributed by atoms with Gasteiger partial charge in [-0.2, -0.15) is 0 Å². The summed E-state index contributed by atoms with van der Waals surface area (Å²) in [7, 11) is 1.48. The maximum atomic E-state index is 11.7. The molecule has 1 rings (SSSR count). The standard InChI is InChI=1S/C16H29NO2S/c1-5-7-8-9-16(3,15-17-10-11-20-15)13(6-2)12-14(18)19-4/h13H,5-12H2,1-4H3. The van der Waals surface area contributed by atoms with Gasteiger partial charge in [-0.3, -0.25) is 9.79 Å². The van der Waals surface area contributed by atoms with Crippen LogP contribution in [0.5, 0.6) is 0 Å². The van der Waals surface area contributed by atoms with Gasteiger partial charge in [0.25, 0.3) is 0 Å². The fourth-order valence-corrected chi connectivity index (χ4v) is 4.17. The van der Waals surface area contributed by atoms with Crippen LogP contribution in [0.3, 0.4) is 0 Å². The second-order valence-corrected chi connectivity index (χ2v) is 6.88. The molecule has 0 spiro atoms. The number of unbranched alkanes of at least 4 members (excludes halogenated alkanes) is 2. The molecule has 0 saturated heterocycles. The SMILES string of the molecule is CCCCCC(C)(C1=NCCS1)C(CC)CC(=O)OC. The first-order chi connectivity index (χ1) is 9.58. The van der Waals surface area contributed by atoms with Crippen LogP contribution in [0.25, 0.3) is 0 Å². The van der Waals surface area contributed by atoms with E-state index in [0.29, 0.717) is 12.3 Å². The lowest BCUT2D eigenvalue weighted by atomic mass is 9.71. The summed E-state index contributed by atoms with van der Waals surface area (Å²) in [5.41, 5.74) is 0.0409. The number of carbonyl (C=O) groups is 1. The summed E-state index contributed by atoms with van der Waals surface area (Å²) in [5.74, 6) is 1.33. The number of rotatable bonds is 9. The molecule has 1 aliphatic heterocycles. The van der Waals surface area contributed by atoms with Crippen molar-refractivity contribution in [3.05, 3.63) is 0 Å². The Morgan fingerprint density at radius 3 is 2.70 bits per heavy atom. The summed E-state index contributed by atoms with van der Waals surface area (Å²) >= 11 is 1.88. The summed E-state index contributed by atoms with van der Waals surface area (Å²) < 4.78 is 4.88. The predicted octanol–water partition coefficient (Wildman–Crippen LogP) is 4.31. The molecule has 0 aromatic rings. The van der Waals surface area contributed by atoms with E-state index in [4.69, 9.17) is 9.73 Å². The molecule has 0 aromatic carbocycles. The molecule has 1 aliphatic rings. The van der Waals surface area contributed by atoms with Crippen molar-refractivity contribution >= 4 is 22.8 Å². The fraction of sp³-hybridized carbons (Fsp3) is 0.875. The Hall–Kier alpha value is -0.510. The van der Waals surface area contributed by atoms with Crippen LogP contribution in [0.15, 0.2) is 4.99 Å². The van der Waals surface area contributed by atoms with Crippen molar-refractivity contribution in [1.82, 2.24) is 0 Å². The van der Waals surface area contributed by atoms with Gasteiger partial charge in [0.2, 0.25) is 0 Å². The number of thioether (sulfide) groups is 1. The Bertz CT molecular complexity index is 343. The molecule has 0 bridgehead atoms. The highest BCUT2D eigenvalue weighted by Crippen LogP contribution is 2.43. The highest BCUT2D eigenvalue weighted by Gasteiger charge is 2.40. The van der Waals surface area contributed by atoms with Crippen molar-refractivity contribution < 1.29 is 9.53 Å². The van der Waals surface area contributed by atoms with E-state index in [2.05, 4.69) is 20.8 Å². The van der Waals surface area contributed by atoms with Gasteiger partial charge in [-0.1, -0.05) is 46.5 Å². The lowest BCUT2D eigenvalue weighted by Gasteiger charge is -2.37. The van der Waals surface area contributed by atoms with Gasteiger partial charge in [0.15, 0.2) is 0 Å². The third-order valence-electron chi connectivity index (χ3n) is 4.41. The molecule has 0 aromatic heterocycles. The van der Waals surface area contributed by atoms with Crippen molar-refractivity contribution in [1.29, 1.82) is 0 Å². The molecule has 0 aliphatic carbocycles. The van der Waals surface area contributed by atoms with Crippen molar-refractivity contribution in [2.75, 3.05) is 19.4 Å². The first kappa shape index (κ1) is 17.5. The Labute approximate surface area is 128 Å². The summed E-state index contributed by atoms with van der Waals surface area (Å²) in [6.45, 7) is 7.63. The highest BCUT2D eigenvalue weighted by atomic mass is 32.2. The number of hydrogen-bond acceptors (Lipinski definition) is 4.